The van der Waals surface area contributed by atoms with E-state index in [1.807, 2.05) is 0 Å². The van der Waals surface area contributed by atoms with Gasteiger partial charge in [0.05, 0.1) is 12.1 Å². The molecule has 0 spiro atoms. The summed E-state index contributed by atoms with van der Waals surface area (Å²) in [5, 5.41) is 8.86. The molecule has 1 atom stereocenters. The molecule has 1 aromatic heterocycles. The lowest BCUT2D eigenvalue weighted by molar-refractivity contribution is -0.137. The Balaban J connectivity index is 2.15. The van der Waals surface area contributed by atoms with Crippen LogP contribution >= 0.6 is 0 Å². The van der Waals surface area contributed by atoms with Crippen molar-refractivity contribution in [2.24, 2.45) is 5.73 Å². The van der Waals surface area contributed by atoms with Crippen LogP contribution in [-0.4, -0.2) is 39.5 Å². The lowest BCUT2D eigenvalue weighted by Gasteiger charge is -2.23. The first-order chi connectivity index (χ1) is 9.11. The summed E-state index contributed by atoms with van der Waals surface area (Å²) in [6.07, 6.45) is 3.14. The molecule has 0 aromatic carbocycles. The van der Waals surface area contributed by atoms with Gasteiger partial charge in [0.15, 0.2) is 0 Å². The van der Waals surface area contributed by atoms with Gasteiger partial charge in [-0.15, -0.1) is 0 Å². The maximum absolute atomic E-state index is 12.4. The van der Waals surface area contributed by atoms with Crippen molar-refractivity contribution in [3.63, 3.8) is 0 Å². The summed E-state index contributed by atoms with van der Waals surface area (Å²) >= 11 is 0. The van der Waals surface area contributed by atoms with E-state index in [0.29, 0.717) is 17.8 Å². The van der Waals surface area contributed by atoms with Gasteiger partial charge in [0.25, 0.3) is 5.91 Å². The van der Waals surface area contributed by atoms with Crippen LogP contribution < -0.4 is 5.73 Å². The average Bonchev–Trinajstić information content (AvgIpc) is 2.85. The number of nitrogens with zero attached hydrogens (tertiary/aromatic N) is 2. The molecule has 1 aliphatic heterocycles. The minimum absolute atomic E-state index is 0.000565. The molecule has 0 radical (unpaired) electrons. The van der Waals surface area contributed by atoms with Crippen LogP contribution in [0.1, 0.15) is 35.3 Å². The topological polar surface area (TPSA) is 96.5 Å². The Morgan fingerprint density at radius 2 is 2.32 bits per heavy atom. The van der Waals surface area contributed by atoms with E-state index in [9.17, 15) is 9.59 Å². The summed E-state index contributed by atoms with van der Waals surface area (Å²) in [4.78, 5) is 28.9. The fourth-order valence-corrected chi connectivity index (χ4v) is 2.41. The van der Waals surface area contributed by atoms with Gasteiger partial charge in [-0.05, 0) is 25.0 Å². The third-order valence-electron chi connectivity index (χ3n) is 3.32. The first-order valence-corrected chi connectivity index (χ1v) is 6.29. The Morgan fingerprint density at radius 1 is 1.53 bits per heavy atom. The zero-order valence-corrected chi connectivity index (χ0v) is 10.6. The van der Waals surface area contributed by atoms with E-state index in [1.54, 1.807) is 23.2 Å². The molecule has 0 aliphatic carbocycles. The number of aliphatic carboxylic acids is 1. The molecule has 0 bridgehead atoms. The predicted molar refractivity (Wildman–Crippen MR) is 68.4 cm³/mol. The van der Waals surface area contributed by atoms with Crippen LogP contribution in [0.2, 0.25) is 0 Å². The number of carboxylic acids is 1. The van der Waals surface area contributed by atoms with Crippen molar-refractivity contribution in [1.82, 2.24) is 9.88 Å². The minimum Gasteiger partial charge on any atom is -0.481 e. The molecule has 102 valence electrons. The number of amides is 1. The molecule has 2 rings (SSSR count). The lowest BCUT2D eigenvalue weighted by Crippen LogP contribution is -2.36. The molecular formula is C13H17N3O3. The van der Waals surface area contributed by atoms with E-state index in [1.165, 1.54) is 0 Å². The Bertz CT molecular complexity index is 490. The highest BCUT2D eigenvalue weighted by Crippen LogP contribution is 2.22. The van der Waals surface area contributed by atoms with Crippen molar-refractivity contribution >= 4 is 11.9 Å². The van der Waals surface area contributed by atoms with Crippen molar-refractivity contribution in [3.05, 3.63) is 29.6 Å². The molecule has 6 heteroatoms. The Kier molecular flexibility index (Phi) is 4.11. The molecule has 1 aromatic rings. The zero-order chi connectivity index (χ0) is 13.8. The van der Waals surface area contributed by atoms with Crippen LogP contribution in [0, 0.1) is 0 Å². The van der Waals surface area contributed by atoms with Crippen molar-refractivity contribution in [1.29, 1.82) is 0 Å². The normalized spacial score (nSPS) is 18.6. The third kappa shape index (κ3) is 3.08. The number of nitrogens with two attached hydrogens (primary N) is 1. The van der Waals surface area contributed by atoms with Crippen molar-refractivity contribution in [3.8, 4) is 0 Å². The molecule has 0 saturated carbocycles. The molecule has 1 saturated heterocycles. The number of carboxylic acid groups (broad SMARTS) is 1. The minimum atomic E-state index is -0.873. The van der Waals surface area contributed by atoms with Gasteiger partial charge < -0.3 is 15.7 Å². The number of hydrogen-bond donors (Lipinski definition) is 2. The predicted octanol–water partition coefficient (Wildman–Crippen LogP) is 0.620. The van der Waals surface area contributed by atoms with Gasteiger partial charge in [0.2, 0.25) is 0 Å². The van der Waals surface area contributed by atoms with Gasteiger partial charge in [0, 0.05) is 30.9 Å². The molecule has 1 amide bonds. The standard InChI is InChI=1S/C13H17N3O3/c14-8-10-6-9(3-4-15-10)13(19)16-5-1-2-11(16)7-12(17)18/h3-4,6,11H,1-2,5,7-8,14H2,(H,17,18). The lowest BCUT2D eigenvalue weighted by atomic mass is 10.1. The maximum Gasteiger partial charge on any atom is 0.305 e. The van der Waals surface area contributed by atoms with E-state index in [2.05, 4.69) is 4.98 Å². The van der Waals surface area contributed by atoms with Gasteiger partial charge in [-0.25, -0.2) is 0 Å². The first-order valence-electron chi connectivity index (χ1n) is 6.29. The molecular weight excluding hydrogens is 246 g/mol. The largest absolute Gasteiger partial charge is 0.481 e. The molecule has 6 nitrogen and oxygen atoms in total. The Labute approximate surface area is 111 Å². The fraction of sp³-hybridized carbons (Fsp3) is 0.462. The van der Waals surface area contributed by atoms with Gasteiger partial charge in [0.1, 0.15) is 0 Å². The third-order valence-corrected chi connectivity index (χ3v) is 3.32. The number of likely N-dealkylation sites (tertiary alicyclic amines) is 1. The number of rotatable bonds is 4. The summed E-state index contributed by atoms with van der Waals surface area (Å²) in [7, 11) is 0. The number of aromatic nitrogens is 1. The monoisotopic (exact) mass is 263 g/mol. The van der Waals surface area contributed by atoms with Gasteiger partial charge in [-0.3, -0.25) is 14.6 Å². The fourth-order valence-electron chi connectivity index (χ4n) is 2.41. The molecule has 2 heterocycles. The summed E-state index contributed by atoms with van der Waals surface area (Å²) in [5.41, 5.74) is 6.67. The van der Waals surface area contributed by atoms with E-state index in [-0.39, 0.29) is 24.9 Å². The van der Waals surface area contributed by atoms with E-state index < -0.39 is 5.97 Å². The second kappa shape index (κ2) is 5.79. The smallest absolute Gasteiger partial charge is 0.305 e. The van der Waals surface area contributed by atoms with Crippen LogP contribution in [-0.2, 0) is 11.3 Å². The van der Waals surface area contributed by atoms with Gasteiger partial charge in [-0.2, -0.15) is 0 Å². The van der Waals surface area contributed by atoms with Crippen molar-refractivity contribution < 1.29 is 14.7 Å². The van der Waals surface area contributed by atoms with Crippen molar-refractivity contribution in [2.45, 2.75) is 31.8 Å². The average molecular weight is 263 g/mol. The Morgan fingerprint density at radius 3 is 3.00 bits per heavy atom. The highest BCUT2D eigenvalue weighted by atomic mass is 16.4. The summed E-state index contributed by atoms with van der Waals surface area (Å²) < 4.78 is 0. The number of carbonyl (C=O) groups excluding carboxylic acids is 1. The molecule has 3 N–H and O–H groups in total. The first kappa shape index (κ1) is 13.5. The molecule has 1 unspecified atom stereocenters. The Hall–Kier alpha value is -1.95. The maximum atomic E-state index is 12.4. The quantitative estimate of drug-likeness (QED) is 0.830. The summed E-state index contributed by atoms with van der Waals surface area (Å²) in [6, 6.07) is 3.09. The van der Waals surface area contributed by atoms with E-state index in [4.69, 9.17) is 10.8 Å². The van der Waals surface area contributed by atoms with Crippen molar-refractivity contribution in [2.75, 3.05) is 6.54 Å². The van der Waals surface area contributed by atoms with Crippen LogP contribution in [0.3, 0.4) is 0 Å². The molecule has 19 heavy (non-hydrogen) atoms. The summed E-state index contributed by atoms with van der Waals surface area (Å²) in [5.74, 6) is -1.01. The summed E-state index contributed by atoms with van der Waals surface area (Å²) in [6.45, 7) is 0.886. The zero-order valence-electron chi connectivity index (χ0n) is 10.6. The van der Waals surface area contributed by atoms with E-state index in [0.717, 1.165) is 12.8 Å². The van der Waals surface area contributed by atoms with Gasteiger partial charge in [-0.1, -0.05) is 0 Å². The highest BCUT2D eigenvalue weighted by molar-refractivity contribution is 5.94. The number of hydrogen-bond acceptors (Lipinski definition) is 4. The van der Waals surface area contributed by atoms with Crippen LogP contribution in [0.15, 0.2) is 18.3 Å². The molecule has 1 fully saturated rings. The second-order valence-electron chi connectivity index (χ2n) is 4.63. The highest BCUT2D eigenvalue weighted by Gasteiger charge is 2.30. The molecule has 1 aliphatic rings. The second-order valence-corrected chi connectivity index (χ2v) is 4.63. The van der Waals surface area contributed by atoms with Crippen LogP contribution in [0.25, 0.3) is 0 Å². The van der Waals surface area contributed by atoms with Crippen LogP contribution in [0.5, 0.6) is 0 Å². The van der Waals surface area contributed by atoms with Gasteiger partial charge >= 0.3 is 5.97 Å². The SMILES string of the molecule is NCc1cc(C(=O)N2CCCC2CC(=O)O)ccn1. The number of carbonyl (C=O) groups is 2. The van der Waals surface area contributed by atoms with Crippen LogP contribution in [0.4, 0.5) is 0 Å². The number of pyridine rings is 1. The van der Waals surface area contributed by atoms with E-state index >= 15 is 0 Å².